The Morgan fingerprint density at radius 2 is 1.88 bits per heavy atom. The molecule has 4 heteroatoms. The van der Waals surface area contributed by atoms with Gasteiger partial charge in [-0.1, -0.05) is 20.3 Å². The van der Waals surface area contributed by atoms with Gasteiger partial charge in [-0.05, 0) is 44.2 Å². The molecule has 1 amide bonds. The van der Waals surface area contributed by atoms with Crippen molar-refractivity contribution in [3.05, 3.63) is 0 Å². The quantitative estimate of drug-likeness (QED) is 0.561. The summed E-state index contributed by atoms with van der Waals surface area (Å²) in [5, 5.41) is 6.22. The first-order chi connectivity index (χ1) is 8.24. The van der Waals surface area contributed by atoms with Gasteiger partial charge in [0.15, 0.2) is 0 Å². The summed E-state index contributed by atoms with van der Waals surface area (Å²) in [5.74, 6) is 1.37. The fourth-order valence-corrected chi connectivity index (χ4v) is 2.14. The molecule has 0 bridgehead atoms. The molecule has 0 saturated heterocycles. The predicted octanol–water partition coefficient (Wildman–Crippen LogP) is 2.41. The lowest BCUT2D eigenvalue weighted by molar-refractivity contribution is -0.121. The minimum Gasteiger partial charge on any atom is -0.352 e. The van der Waals surface area contributed by atoms with Crippen LogP contribution in [0.25, 0.3) is 0 Å². The van der Waals surface area contributed by atoms with E-state index >= 15 is 0 Å². The van der Waals surface area contributed by atoms with E-state index in [2.05, 4.69) is 30.7 Å². The summed E-state index contributed by atoms with van der Waals surface area (Å²) >= 11 is 1.90. The van der Waals surface area contributed by atoms with Crippen LogP contribution < -0.4 is 10.6 Å². The number of hydrogen-bond donors (Lipinski definition) is 2. The molecule has 0 aromatic rings. The lowest BCUT2D eigenvalue weighted by Gasteiger charge is -2.14. The Morgan fingerprint density at radius 3 is 2.47 bits per heavy atom. The van der Waals surface area contributed by atoms with Crippen LogP contribution in [0.2, 0.25) is 0 Å². The Balaban J connectivity index is 3.33. The van der Waals surface area contributed by atoms with Gasteiger partial charge in [-0.25, -0.2) is 0 Å². The van der Waals surface area contributed by atoms with Gasteiger partial charge in [-0.2, -0.15) is 11.8 Å². The van der Waals surface area contributed by atoms with Gasteiger partial charge >= 0.3 is 0 Å². The standard InChI is InChI=1S/C13H28N2OS/c1-4-12(5-2)15-13(16)11-14-9-7-6-8-10-17-3/h12,14H,4-11H2,1-3H3,(H,15,16). The summed E-state index contributed by atoms with van der Waals surface area (Å²) in [5.41, 5.74) is 0. The Hall–Kier alpha value is -0.220. The second-order valence-electron chi connectivity index (χ2n) is 4.31. The van der Waals surface area contributed by atoms with Crippen LogP contribution in [-0.2, 0) is 4.79 Å². The first kappa shape index (κ1) is 16.8. The molecular formula is C13H28N2OS. The van der Waals surface area contributed by atoms with Crippen LogP contribution in [0.15, 0.2) is 0 Å². The molecule has 0 aliphatic heterocycles. The Kier molecular flexibility index (Phi) is 12.1. The van der Waals surface area contributed by atoms with E-state index in [1.165, 1.54) is 25.0 Å². The van der Waals surface area contributed by atoms with E-state index in [9.17, 15) is 4.79 Å². The summed E-state index contributed by atoms with van der Waals surface area (Å²) in [6.45, 7) is 5.62. The maximum atomic E-state index is 11.5. The molecule has 0 atom stereocenters. The first-order valence-electron chi connectivity index (χ1n) is 6.73. The van der Waals surface area contributed by atoms with Crippen LogP contribution in [0.1, 0.15) is 46.0 Å². The Morgan fingerprint density at radius 1 is 1.18 bits per heavy atom. The second-order valence-corrected chi connectivity index (χ2v) is 5.30. The van der Waals surface area contributed by atoms with Crippen LogP contribution >= 0.6 is 11.8 Å². The van der Waals surface area contributed by atoms with Crippen LogP contribution in [0.4, 0.5) is 0 Å². The van der Waals surface area contributed by atoms with Crippen molar-refractivity contribution in [1.29, 1.82) is 0 Å². The van der Waals surface area contributed by atoms with Gasteiger partial charge in [0.05, 0.1) is 6.54 Å². The number of rotatable bonds is 11. The number of unbranched alkanes of at least 4 members (excludes halogenated alkanes) is 2. The Bertz CT molecular complexity index is 184. The largest absolute Gasteiger partial charge is 0.352 e. The minimum atomic E-state index is 0.128. The van der Waals surface area contributed by atoms with E-state index < -0.39 is 0 Å². The summed E-state index contributed by atoms with van der Waals surface area (Å²) in [4.78, 5) is 11.5. The van der Waals surface area contributed by atoms with Crippen molar-refractivity contribution >= 4 is 17.7 Å². The number of carbonyl (C=O) groups excluding carboxylic acids is 1. The molecule has 0 rings (SSSR count). The number of hydrogen-bond acceptors (Lipinski definition) is 3. The number of thioether (sulfide) groups is 1. The molecule has 0 fully saturated rings. The molecule has 2 N–H and O–H groups in total. The fraction of sp³-hybridized carbons (Fsp3) is 0.923. The highest BCUT2D eigenvalue weighted by molar-refractivity contribution is 7.98. The zero-order valence-electron chi connectivity index (χ0n) is 11.6. The average Bonchev–Trinajstić information content (AvgIpc) is 2.34. The predicted molar refractivity (Wildman–Crippen MR) is 77.6 cm³/mol. The molecule has 0 spiro atoms. The molecule has 0 aromatic heterocycles. The van der Waals surface area contributed by atoms with Crippen molar-refractivity contribution in [3.63, 3.8) is 0 Å². The molecule has 102 valence electrons. The summed E-state index contributed by atoms with van der Waals surface area (Å²) < 4.78 is 0. The molecule has 3 nitrogen and oxygen atoms in total. The molecule has 0 aliphatic carbocycles. The first-order valence-corrected chi connectivity index (χ1v) is 8.12. The zero-order chi connectivity index (χ0) is 12.9. The third-order valence-corrected chi connectivity index (χ3v) is 3.54. The number of carbonyl (C=O) groups is 1. The van der Waals surface area contributed by atoms with E-state index in [0.717, 1.165) is 19.4 Å². The molecule has 0 radical (unpaired) electrons. The highest BCUT2D eigenvalue weighted by atomic mass is 32.2. The van der Waals surface area contributed by atoms with Gasteiger partial charge in [0.25, 0.3) is 0 Å². The molecule has 0 heterocycles. The summed E-state index contributed by atoms with van der Waals surface area (Å²) in [7, 11) is 0. The van der Waals surface area contributed by atoms with E-state index in [4.69, 9.17) is 0 Å². The highest BCUT2D eigenvalue weighted by Gasteiger charge is 2.06. The van der Waals surface area contributed by atoms with Crippen molar-refractivity contribution in [2.45, 2.75) is 52.0 Å². The van der Waals surface area contributed by atoms with Gasteiger partial charge < -0.3 is 10.6 Å². The molecule has 0 unspecified atom stereocenters. The molecule has 0 aromatic carbocycles. The Labute approximate surface area is 111 Å². The maximum absolute atomic E-state index is 11.5. The van der Waals surface area contributed by atoms with Crippen LogP contribution in [0, 0.1) is 0 Å². The number of amides is 1. The van der Waals surface area contributed by atoms with Crippen LogP contribution in [-0.4, -0.2) is 37.0 Å². The van der Waals surface area contributed by atoms with E-state index in [1.807, 2.05) is 11.8 Å². The molecule has 0 saturated carbocycles. The topological polar surface area (TPSA) is 41.1 Å². The van der Waals surface area contributed by atoms with Gasteiger partial charge in [0.1, 0.15) is 0 Å². The second kappa shape index (κ2) is 12.2. The average molecular weight is 260 g/mol. The van der Waals surface area contributed by atoms with Gasteiger partial charge in [-0.3, -0.25) is 4.79 Å². The van der Waals surface area contributed by atoms with Crippen molar-refractivity contribution < 1.29 is 4.79 Å². The monoisotopic (exact) mass is 260 g/mol. The van der Waals surface area contributed by atoms with Crippen LogP contribution in [0.3, 0.4) is 0 Å². The highest BCUT2D eigenvalue weighted by Crippen LogP contribution is 2.01. The molecular weight excluding hydrogens is 232 g/mol. The summed E-state index contributed by atoms with van der Waals surface area (Å²) in [6, 6.07) is 0.339. The minimum absolute atomic E-state index is 0.128. The lowest BCUT2D eigenvalue weighted by Crippen LogP contribution is -2.40. The summed E-state index contributed by atoms with van der Waals surface area (Å²) in [6.07, 6.45) is 7.86. The van der Waals surface area contributed by atoms with Crippen LogP contribution in [0.5, 0.6) is 0 Å². The SMILES string of the molecule is CCC(CC)NC(=O)CNCCCCCSC. The zero-order valence-corrected chi connectivity index (χ0v) is 12.4. The van der Waals surface area contributed by atoms with Gasteiger partial charge in [-0.15, -0.1) is 0 Å². The van der Waals surface area contributed by atoms with Crippen molar-refractivity contribution in [3.8, 4) is 0 Å². The van der Waals surface area contributed by atoms with Crippen molar-refractivity contribution in [2.75, 3.05) is 25.1 Å². The molecule has 17 heavy (non-hydrogen) atoms. The third-order valence-electron chi connectivity index (χ3n) is 2.84. The molecule has 0 aliphatic rings. The van der Waals surface area contributed by atoms with E-state index in [-0.39, 0.29) is 5.91 Å². The smallest absolute Gasteiger partial charge is 0.234 e. The third kappa shape index (κ3) is 10.6. The van der Waals surface area contributed by atoms with Crippen molar-refractivity contribution in [2.24, 2.45) is 0 Å². The normalized spacial score (nSPS) is 10.8. The fourth-order valence-electron chi connectivity index (χ4n) is 1.65. The lowest BCUT2D eigenvalue weighted by atomic mass is 10.2. The van der Waals surface area contributed by atoms with Gasteiger partial charge in [0, 0.05) is 6.04 Å². The van der Waals surface area contributed by atoms with E-state index in [0.29, 0.717) is 12.6 Å². The van der Waals surface area contributed by atoms with E-state index in [1.54, 1.807) is 0 Å². The maximum Gasteiger partial charge on any atom is 0.234 e. The number of nitrogens with one attached hydrogen (secondary N) is 2. The van der Waals surface area contributed by atoms with Crippen molar-refractivity contribution in [1.82, 2.24) is 10.6 Å². The van der Waals surface area contributed by atoms with Gasteiger partial charge in [0.2, 0.25) is 5.91 Å².